The second-order valence-electron chi connectivity index (χ2n) is 6.83. The van der Waals surface area contributed by atoms with Crippen molar-refractivity contribution >= 4 is 21.5 Å². The number of tetrazole rings is 1. The van der Waals surface area contributed by atoms with Crippen molar-refractivity contribution in [3.63, 3.8) is 0 Å². The van der Waals surface area contributed by atoms with Gasteiger partial charge in [-0.25, -0.2) is 8.42 Å². The first-order valence-corrected chi connectivity index (χ1v) is 10.3. The van der Waals surface area contributed by atoms with E-state index in [1.165, 1.54) is 8.94 Å². The van der Waals surface area contributed by atoms with Crippen LogP contribution in [0.25, 0.3) is 5.65 Å². The van der Waals surface area contributed by atoms with Gasteiger partial charge in [-0.15, -0.1) is 14.8 Å². The number of fused-ring (bicyclic) bond motifs is 1. The van der Waals surface area contributed by atoms with Crippen LogP contribution in [0.3, 0.4) is 0 Å². The molecule has 4 rings (SSSR count). The molecule has 0 radical (unpaired) electrons. The number of nitrogens with zero attached hydrogens (tertiary/aromatic N) is 7. The monoisotopic (exact) mass is 387 g/mol. The zero-order valence-electron chi connectivity index (χ0n) is 15.2. The van der Waals surface area contributed by atoms with Gasteiger partial charge < -0.3 is 4.90 Å². The van der Waals surface area contributed by atoms with Crippen molar-refractivity contribution in [2.75, 3.05) is 31.1 Å². The van der Waals surface area contributed by atoms with E-state index in [9.17, 15) is 8.42 Å². The maximum Gasteiger partial charge on any atom is 0.243 e. The minimum absolute atomic E-state index is 0.341. The summed E-state index contributed by atoms with van der Waals surface area (Å²) < 4.78 is 28.7. The van der Waals surface area contributed by atoms with Crippen LogP contribution in [0.2, 0.25) is 0 Å². The zero-order chi connectivity index (χ0) is 19.0. The minimum Gasteiger partial charge on any atom is -0.352 e. The third-order valence-electron chi connectivity index (χ3n) is 4.80. The molecule has 10 heteroatoms. The van der Waals surface area contributed by atoms with Gasteiger partial charge in [-0.2, -0.15) is 4.31 Å². The van der Waals surface area contributed by atoms with Crippen molar-refractivity contribution in [2.45, 2.75) is 24.7 Å². The molecule has 3 aromatic rings. The molecule has 9 nitrogen and oxygen atoms in total. The Morgan fingerprint density at radius 2 is 1.67 bits per heavy atom. The second-order valence-corrected chi connectivity index (χ2v) is 8.77. The summed E-state index contributed by atoms with van der Waals surface area (Å²) in [6.07, 6.45) is 0. The predicted octanol–water partition coefficient (Wildman–Crippen LogP) is 1.15. The Morgan fingerprint density at radius 3 is 2.33 bits per heavy atom. The highest BCUT2D eigenvalue weighted by Gasteiger charge is 2.29. The standard InChI is InChI=1S/C17H21N7O2S/c1-13(2)14-3-5-15(6-4-14)27(25,26)23-11-9-22(10-12-23)17-8-7-16-18-20-21-24(16)19-17/h3-8,13H,9-12H2,1-2H3. The molecule has 1 aliphatic heterocycles. The molecule has 0 N–H and O–H groups in total. The summed E-state index contributed by atoms with van der Waals surface area (Å²) >= 11 is 0. The van der Waals surface area contributed by atoms with Gasteiger partial charge in [0.25, 0.3) is 0 Å². The van der Waals surface area contributed by atoms with E-state index in [-0.39, 0.29) is 0 Å². The highest BCUT2D eigenvalue weighted by atomic mass is 32.2. The van der Waals surface area contributed by atoms with Gasteiger partial charge in [-0.1, -0.05) is 26.0 Å². The van der Waals surface area contributed by atoms with Gasteiger partial charge in [0.2, 0.25) is 10.0 Å². The van der Waals surface area contributed by atoms with E-state index in [4.69, 9.17) is 0 Å². The molecule has 0 amide bonds. The van der Waals surface area contributed by atoms with Crippen molar-refractivity contribution < 1.29 is 8.42 Å². The molecular formula is C17H21N7O2S. The maximum absolute atomic E-state index is 12.9. The third-order valence-corrected chi connectivity index (χ3v) is 6.72. The van der Waals surface area contributed by atoms with Crippen molar-refractivity contribution in [3.05, 3.63) is 42.0 Å². The fraction of sp³-hybridized carbons (Fsp3) is 0.412. The third kappa shape index (κ3) is 3.37. The number of aromatic nitrogens is 5. The van der Waals surface area contributed by atoms with Gasteiger partial charge in [0.15, 0.2) is 11.5 Å². The highest BCUT2D eigenvalue weighted by Crippen LogP contribution is 2.22. The van der Waals surface area contributed by atoms with Crippen molar-refractivity contribution in [1.82, 2.24) is 29.6 Å². The molecular weight excluding hydrogens is 366 g/mol. The van der Waals surface area contributed by atoms with Crippen LogP contribution in [-0.2, 0) is 10.0 Å². The van der Waals surface area contributed by atoms with Gasteiger partial charge in [-0.3, -0.25) is 0 Å². The number of benzene rings is 1. The van der Waals surface area contributed by atoms with E-state index in [1.54, 1.807) is 18.2 Å². The summed E-state index contributed by atoms with van der Waals surface area (Å²) in [7, 11) is -3.49. The predicted molar refractivity (Wildman–Crippen MR) is 100 cm³/mol. The van der Waals surface area contributed by atoms with Crippen molar-refractivity contribution in [3.8, 4) is 0 Å². The molecule has 1 fully saturated rings. The summed E-state index contributed by atoms with van der Waals surface area (Å²) in [6.45, 7) is 6.11. The zero-order valence-corrected chi connectivity index (χ0v) is 16.0. The molecule has 0 saturated carbocycles. The number of piperazine rings is 1. The van der Waals surface area contributed by atoms with E-state index in [0.717, 1.165) is 11.4 Å². The quantitative estimate of drug-likeness (QED) is 0.662. The van der Waals surface area contributed by atoms with E-state index in [0.29, 0.717) is 42.6 Å². The normalized spacial score (nSPS) is 16.3. The van der Waals surface area contributed by atoms with Crippen LogP contribution in [0.1, 0.15) is 25.3 Å². The maximum atomic E-state index is 12.9. The van der Waals surface area contributed by atoms with Crippen LogP contribution in [0.15, 0.2) is 41.3 Å². The summed E-state index contributed by atoms with van der Waals surface area (Å²) in [4.78, 5) is 2.38. The summed E-state index contributed by atoms with van der Waals surface area (Å²) in [5, 5.41) is 15.6. The van der Waals surface area contributed by atoms with Gasteiger partial charge in [-0.05, 0) is 46.2 Å². The van der Waals surface area contributed by atoms with E-state index >= 15 is 0 Å². The van der Waals surface area contributed by atoms with E-state index in [1.807, 2.05) is 23.1 Å². The lowest BCUT2D eigenvalue weighted by Crippen LogP contribution is -2.49. The Labute approximate surface area is 157 Å². The lowest BCUT2D eigenvalue weighted by molar-refractivity contribution is 0.383. The van der Waals surface area contributed by atoms with E-state index < -0.39 is 10.0 Å². The molecule has 0 spiro atoms. The first-order valence-electron chi connectivity index (χ1n) is 8.85. The van der Waals surface area contributed by atoms with Crippen LogP contribution >= 0.6 is 0 Å². The smallest absolute Gasteiger partial charge is 0.243 e. The van der Waals surface area contributed by atoms with Crippen LogP contribution in [-0.4, -0.2) is 64.2 Å². The van der Waals surface area contributed by atoms with Crippen LogP contribution in [0.5, 0.6) is 0 Å². The topological polar surface area (TPSA) is 96.6 Å². The molecule has 27 heavy (non-hydrogen) atoms. The lowest BCUT2D eigenvalue weighted by atomic mass is 10.0. The average Bonchev–Trinajstić information content (AvgIpc) is 3.16. The number of sulfonamides is 1. The summed E-state index contributed by atoms with van der Waals surface area (Å²) in [5.41, 5.74) is 1.70. The molecule has 0 unspecified atom stereocenters. The Kier molecular flexibility index (Phi) is 4.52. The molecule has 1 aromatic carbocycles. The van der Waals surface area contributed by atoms with Crippen molar-refractivity contribution in [1.29, 1.82) is 0 Å². The Balaban J connectivity index is 1.47. The Morgan fingerprint density at radius 1 is 0.963 bits per heavy atom. The Hall–Kier alpha value is -2.59. The van der Waals surface area contributed by atoms with Crippen molar-refractivity contribution in [2.24, 2.45) is 0 Å². The molecule has 3 heterocycles. The van der Waals surface area contributed by atoms with Crippen LogP contribution in [0, 0.1) is 0 Å². The van der Waals surface area contributed by atoms with Gasteiger partial charge in [0.05, 0.1) is 4.90 Å². The molecule has 0 aliphatic carbocycles. The molecule has 142 valence electrons. The first-order chi connectivity index (χ1) is 12.9. The number of rotatable bonds is 4. The summed E-state index contributed by atoms with van der Waals surface area (Å²) in [6, 6.07) is 10.8. The number of hydrogen-bond donors (Lipinski definition) is 0. The van der Waals surface area contributed by atoms with Gasteiger partial charge >= 0.3 is 0 Å². The largest absolute Gasteiger partial charge is 0.352 e. The fourth-order valence-corrected chi connectivity index (χ4v) is 4.56. The second kappa shape index (κ2) is 6.86. The molecule has 2 aromatic heterocycles. The molecule has 0 atom stereocenters. The van der Waals surface area contributed by atoms with Gasteiger partial charge in [0, 0.05) is 26.2 Å². The number of anilines is 1. The van der Waals surface area contributed by atoms with Crippen LogP contribution < -0.4 is 4.90 Å². The molecule has 1 aliphatic rings. The Bertz CT molecular complexity index is 1040. The fourth-order valence-electron chi connectivity index (χ4n) is 3.14. The molecule has 0 bridgehead atoms. The van der Waals surface area contributed by atoms with Crippen LogP contribution in [0.4, 0.5) is 5.82 Å². The molecule has 1 saturated heterocycles. The van der Waals surface area contributed by atoms with Gasteiger partial charge in [0.1, 0.15) is 0 Å². The highest BCUT2D eigenvalue weighted by molar-refractivity contribution is 7.89. The summed E-state index contributed by atoms with van der Waals surface area (Å²) in [5.74, 6) is 1.10. The number of hydrogen-bond acceptors (Lipinski definition) is 7. The van der Waals surface area contributed by atoms with E-state index in [2.05, 4.69) is 34.5 Å². The lowest BCUT2D eigenvalue weighted by Gasteiger charge is -2.34. The average molecular weight is 387 g/mol. The first kappa shape index (κ1) is 17.8. The SMILES string of the molecule is CC(C)c1ccc(S(=O)(=O)N2CCN(c3ccc4nnnn4n3)CC2)cc1. The minimum atomic E-state index is -3.49.